The first-order valence-electron chi connectivity index (χ1n) is 7.06. The summed E-state index contributed by atoms with van der Waals surface area (Å²) in [4.78, 5) is 18.7. The molecule has 2 rings (SSSR count). The molecule has 1 aliphatic rings. The van der Waals surface area contributed by atoms with Crippen molar-refractivity contribution >= 4 is 5.82 Å². The van der Waals surface area contributed by atoms with E-state index >= 15 is 0 Å². The Morgan fingerprint density at radius 1 is 1.37 bits per heavy atom. The molecule has 5 heteroatoms. The summed E-state index contributed by atoms with van der Waals surface area (Å²) in [5.41, 5.74) is 5.92. The zero-order valence-corrected chi connectivity index (χ0v) is 12.0. The van der Waals surface area contributed by atoms with Gasteiger partial charge in [0.1, 0.15) is 0 Å². The van der Waals surface area contributed by atoms with Crippen molar-refractivity contribution in [3.8, 4) is 0 Å². The van der Waals surface area contributed by atoms with Crippen LogP contribution in [0.5, 0.6) is 0 Å². The molecular formula is C14H24N4O. The Morgan fingerprint density at radius 2 is 2.00 bits per heavy atom. The van der Waals surface area contributed by atoms with Gasteiger partial charge in [-0.1, -0.05) is 0 Å². The molecule has 0 aliphatic heterocycles. The van der Waals surface area contributed by atoms with E-state index in [1.807, 2.05) is 25.8 Å². The van der Waals surface area contributed by atoms with Crippen LogP contribution in [0.25, 0.3) is 0 Å². The second-order valence-corrected chi connectivity index (χ2v) is 5.74. The van der Waals surface area contributed by atoms with Gasteiger partial charge in [-0.05, 0) is 39.5 Å². The second kappa shape index (κ2) is 5.74. The van der Waals surface area contributed by atoms with Gasteiger partial charge in [0.2, 0.25) is 0 Å². The monoisotopic (exact) mass is 264 g/mol. The van der Waals surface area contributed by atoms with Crippen molar-refractivity contribution in [3.63, 3.8) is 0 Å². The average molecular weight is 264 g/mol. The predicted molar refractivity (Wildman–Crippen MR) is 77.5 cm³/mol. The van der Waals surface area contributed by atoms with E-state index < -0.39 is 0 Å². The Balaban J connectivity index is 2.22. The molecule has 2 N–H and O–H groups in total. The number of rotatable bonds is 3. The molecule has 0 aromatic carbocycles. The zero-order valence-electron chi connectivity index (χ0n) is 12.0. The highest BCUT2D eigenvalue weighted by molar-refractivity contribution is 5.36. The van der Waals surface area contributed by atoms with E-state index in [9.17, 15) is 4.79 Å². The number of nitrogens with zero attached hydrogens (tertiary/aromatic N) is 3. The standard InChI is InChI=1S/C14H24N4O/c1-10(2)18-9-8-16-13(14(18)19)17(3)12-6-4-11(15)5-7-12/h8-12H,4-7,15H2,1-3H3. The lowest BCUT2D eigenvalue weighted by Crippen LogP contribution is -2.42. The van der Waals surface area contributed by atoms with Crippen LogP contribution in [0, 0.1) is 0 Å². The van der Waals surface area contributed by atoms with Crippen molar-refractivity contribution in [2.75, 3.05) is 11.9 Å². The number of anilines is 1. The highest BCUT2D eigenvalue weighted by Gasteiger charge is 2.24. The molecule has 106 valence electrons. The Hall–Kier alpha value is -1.36. The molecule has 0 unspecified atom stereocenters. The molecule has 0 atom stereocenters. The molecule has 0 spiro atoms. The lowest BCUT2D eigenvalue weighted by atomic mass is 9.91. The van der Waals surface area contributed by atoms with Crippen LogP contribution < -0.4 is 16.2 Å². The van der Waals surface area contributed by atoms with Gasteiger partial charge in [0, 0.05) is 37.6 Å². The van der Waals surface area contributed by atoms with E-state index in [1.54, 1.807) is 17.0 Å². The topological polar surface area (TPSA) is 64.2 Å². The van der Waals surface area contributed by atoms with E-state index in [-0.39, 0.29) is 11.6 Å². The lowest BCUT2D eigenvalue weighted by Gasteiger charge is -2.34. The van der Waals surface area contributed by atoms with Gasteiger partial charge in [0.05, 0.1) is 0 Å². The van der Waals surface area contributed by atoms with Crippen LogP contribution in [0.15, 0.2) is 17.2 Å². The largest absolute Gasteiger partial charge is 0.352 e. The molecule has 1 fully saturated rings. The van der Waals surface area contributed by atoms with Crippen molar-refractivity contribution in [1.29, 1.82) is 0 Å². The molecule has 19 heavy (non-hydrogen) atoms. The third-order valence-electron chi connectivity index (χ3n) is 4.03. The first-order chi connectivity index (χ1) is 9.00. The highest BCUT2D eigenvalue weighted by atomic mass is 16.1. The maximum absolute atomic E-state index is 12.4. The van der Waals surface area contributed by atoms with Crippen molar-refractivity contribution in [2.24, 2.45) is 5.73 Å². The molecule has 1 aliphatic carbocycles. The van der Waals surface area contributed by atoms with Crippen molar-refractivity contribution in [2.45, 2.75) is 57.7 Å². The fraction of sp³-hybridized carbons (Fsp3) is 0.714. The number of aromatic nitrogens is 2. The molecule has 0 amide bonds. The molecule has 1 aromatic rings. The maximum Gasteiger partial charge on any atom is 0.293 e. The van der Waals surface area contributed by atoms with Crippen molar-refractivity contribution in [3.05, 3.63) is 22.7 Å². The molecule has 1 heterocycles. The van der Waals surface area contributed by atoms with E-state index in [1.165, 1.54) is 0 Å². The minimum absolute atomic E-state index is 0.00475. The van der Waals surface area contributed by atoms with Gasteiger partial charge in [0.25, 0.3) is 5.56 Å². The van der Waals surface area contributed by atoms with Gasteiger partial charge >= 0.3 is 0 Å². The summed E-state index contributed by atoms with van der Waals surface area (Å²) < 4.78 is 1.73. The summed E-state index contributed by atoms with van der Waals surface area (Å²) in [7, 11) is 1.97. The van der Waals surface area contributed by atoms with Crippen LogP contribution in [0.4, 0.5) is 5.82 Å². The smallest absolute Gasteiger partial charge is 0.293 e. The molecular weight excluding hydrogens is 240 g/mol. The molecule has 1 saturated carbocycles. The first-order valence-corrected chi connectivity index (χ1v) is 7.06. The fourth-order valence-corrected chi connectivity index (χ4v) is 2.72. The van der Waals surface area contributed by atoms with Gasteiger partial charge in [-0.2, -0.15) is 0 Å². The SMILES string of the molecule is CC(C)n1ccnc(N(C)C2CCC(N)CC2)c1=O. The second-order valence-electron chi connectivity index (χ2n) is 5.74. The third kappa shape index (κ3) is 2.97. The summed E-state index contributed by atoms with van der Waals surface area (Å²) in [6.45, 7) is 4.01. The van der Waals surface area contributed by atoms with Crippen LogP contribution in [0.1, 0.15) is 45.6 Å². The van der Waals surface area contributed by atoms with Crippen molar-refractivity contribution < 1.29 is 0 Å². The first kappa shape index (κ1) is 14.1. The molecule has 0 radical (unpaired) electrons. The third-order valence-corrected chi connectivity index (χ3v) is 4.03. The summed E-state index contributed by atoms with van der Waals surface area (Å²) in [5, 5.41) is 0. The van der Waals surface area contributed by atoms with Crippen LogP contribution in [-0.4, -0.2) is 28.7 Å². The van der Waals surface area contributed by atoms with Gasteiger partial charge in [0.15, 0.2) is 5.82 Å². The summed E-state index contributed by atoms with van der Waals surface area (Å²) >= 11 is 0. The Labute approximate surface area is 114 Å². The highest BCUT2D eigenvalue weighted by Crippen LogP contribution is 2.23. The fourth-order valence-electron chi connectivity index (χ4n) is 2.72. The summed E-state index contributed by atoms with van der Waals surface area (Å²) in [6, 6.07) is 0.853. The van der Waals surface area contributed by atoms with Gasteiger partial charge in [-0.15, -0.1) is 0 Å². The van der Waals surface area contributed by atoms with Crippen molar-refractivity contribution in [1.82, 2.24) is 9.55 Å². The zero-order chi connectivity index (χ0) is 14.0. The lowest BCUT2D eigenvalue weighted by molar-refractivity contribution is 0.382. The quantitative estimate of drug-likeness (QED) is 0.899. The predicted octanol–water partition coefficient (Wildman–Crippen LogP) is 1.53. The van der Waals surface area contributed by atoms with Crippen LogP contribution >= 0.6 is 0 Å². The van der Waals surface area contributed by atoms with Gasteiger partial charge in [-0.25, -0.2) is 4.98 Å². The normalized spacial score (nSPS) is 23.6. The number of hydrogen-bond donors (Lipinski definition) is 1. The Morgan fingerprint density at radius 3 is 2.58 bits per heavy atom. The summed E-state index contributed by atoms with van der Waals surface area (Å²) in [5.74, 6) is 0.552. The molecule has 5 nitrogen and oxygen atoms in total. The van der Waals surface area contributed by atoms with E-state index in [0.29, 0.717) is 17.9 Å². The van der Waals surface area contributed by atoms with Gasteiger partial charge in [-0.3, -0.25) is 4.79 Å². The minimum Gasteiger partial charge on any atom is -0.352 e. The van der Waals surface area contributed by atoms with Crippen LogP contribution in [-0.2, 0) is 0 Å². The molecule has 0 bridgehead atoms. The molecule has 0 saturated heterocycles. The van der Waals surface area contributed by atoms with Crippen LogP contribution in [0.3, 0.4) is 0 Å². The number of hydrogen-bond acceptors (Lipinski definition) is 4. The summed E-state index contributed by atoms with van der Waals surface area (Å²) in [6.07, 6.45) is 7.59. The average Bonchev–Trinajstić information content (AvgIpc) is 2.38. The maximum atomic E-state index is 12.4. The number of nitrogens with two attached hydrogens (primary N) is 1. The van der Waals surface area contributed by atoms with E-state index in [4.69, 9.17) is 5.73 Å². The Bertz CT molecular complexity index is 475. The van der Waals surface area contributed by atoms with E-state index in [0.717, 1.165) is 25.7 Å². The van der Waals surface area contributed by atoms with Crippen LogP contribution in [0.2, 0.25) is 0 Å². The van der Waals surface area contributed by atoms with E-state index in [2.05, 4.69) is 4.98 Å². The van der Waals surface area contributed by atoms with Gasteiger partial charge < -0.3 is 15.2 Å². The minimum atomic E-state index is -0.00475. The molecule has 1 aromatic heterocycles. The Kier molecular flexibility index (Phi) is 4.24.